The van der Waals surface area contributed by atoms with Gasteiger partial charge in [-0.05, 0) is 48.9 Å². The summed E-state index contributed by atoms with van der Waals surface area (Å²) in [6.45, 7) is 4.53. The van der Waals surface area contributed by atoms with Gasteiger partial charge in [0.2, 0.25) is 5.91 Å². The van der Waals surface area contributed by atoms with E-state index in [9.17, 15) is 9.59 Å². The summed E-state index contributed by atoms with van der Waals surface area (Å²) in [5, 5.41) is 5.39. The Labute approximate surface area is 189 Å². The predicted octanol–water partition coefficient (Wildman–Crippen LogP) is 3.90. The Balaban J connectivity index is 1.61. The van der Waals surface area contributed by atoms with Crippen LogP contribution >= 0.6 is 23.1 Å². The van der Waals surface area contributed by atoms with Crippen LogP contribution in [0.4, 0.5) is 0 Å². The van der Waals surface area contributed by atoms with Gasteiger partial charge in [0.25, 0.3) is 5.56 Å². The summed E-state index contributed by atoms with van der Waals surface area (Å²) in [4.78, 5) is 29.9. The number of thiophene rings is 1. The van der Waals surface area contributed by atoms with Gasteiger partial charge in [0, 0.05) is 12.6 Å². The maximum Gasteiger partial charge on any atom is 0.272 e. The van der Waals surface area contributed by atoms with E-state index >= 15 is 0 Å². The van der Waals surface area contributed by atoms with Crippen LogP contribution in [-0.4, -0.2) is 42.0 Å². The zero-order chi connectivity index (χ0) is 22.4. The summed E-state index contributed by atoms with van der Waals surface area (Å²) in [6, 6.07) is 7.57. The molecule has 0 saturated heterocycles. The van der Waals surface area contributed by atoms with Gasteiger partial charge in [0.05, 0.1) is 25.5 Å². The number of hydrogen-bond acceptors (Lipinski definition) is 7. The summed E-state index contributed by atoms with van der Waals surface area (Å²) in [5.41, 5.74) is 1.69. The Bertz CT molecular complexity index is 1110. The first-order valence-corrected chi connectivity index (χ1v) is 11.9. The van der Waals surface area contributed by atoms with Crippen LogP contribution in [-0.2, 0) is 11.2 Å². The predicted molar refractivity (Wildman–Crippen MR) is 126 cm³/mol. The first kappa shape index (κ1) is 23.1. The minimum atomic E-state index is -0.0964. The van der Waals surface area contributed by atoms with Crippen molar-refractivity contribution >= 4 is 39.2 Å². The van der Waals surface area contributed by atoms with E-state index in [2.05, 4.69) is 10.3 Å². The lowest BCUT2D eigenvalue weighted by atomic mass is 10.1. The SMILES string of the molecule is CCC(C)n1c(SCC(=O)NCCc2ccc(OC)c(OC)c2)nc2ccsc2c1=O. The van der Waals surface area contributed by atoms with Crippen molar-refractivity contribution in [1.29, 1.82) is 0 Å². The van der Waals surface area contributed by atoms with Crippen molar-refractivity contribution in [3.63, 3.8) is 0 Å². The number of benzene rings is 1. The smallest absolute Gasteiger partial charge is 0.272 e. The van der Waals surface area contributed by atoms with Gasteiger partial charge in [0.1, 0.15) is 4.70 Å². The largest absolute Gasteiger partial charge is 0.493 e. The number of carbonyl (C=O) groups is 1. The Morgan fingerprint density at radius 1 is 1.26 bits per heavy atom. The summed E-state index contributed by atoms with van der Waals surface area (Å²) < 4.78 is 12.9. The average Bonchev–Trinajstić information content (AvgIpc) is 3.26. The number of carbonyl (C=O) groups excluding carboxylic acids is 1. The fourth-order valence-corrected chi connectivity index (χ4v) is 4.83. The number of rotatable bonds is 10. The zero-order valence-electron chi connectivity index (χ0n) is 18.1. The Hall–Kier alpha value is -2.52. The molecule has 0 aliphatic heterocycles. The maximum absolute atomic E-state index is 12.9. The molecule has 0 aliphatic carbocycles. The highest BCUT2D eigenvalue weighted by Gasteiger charge is 2.17. The normalized spacial score (nSPS) is 12.0. The molecule has 0 saturated carbocycles. The van der Waals surface area contributed by atoms with Crippen LogP contribution < -0.4 is 20.3 Å². The van der Waals surface area contributed by atoms with Gasteiger partial charge in [0.15, 0.2) is 16.7 Å². The van der Waals surface area contributed by atoms with Crippen LogP contribution in [0.5, 0.6) is 11.5 Å². The lowest BCUT2D eigenvalue weighted by Crippen LogP contribution is -2.29. The van der Waals surface area contributed by atoms with E-state index < -0.39 is 0 Å². The third-order valence-corrected chi connectivity index (χ3v) is 6.87. The van der Waals surface area contributed by atoms with Gasteiger partial charge in [-0.1, -0.05) is 24.8 Å². The van der Waals surface area contributed by atoms with Crippen molar-refractivity contribution in [3.8, 4) is 11.5 Å². The summed E-state index contributed by atoms with van der Waals surface area (Å²) in [6.07, 6.45) is 1.48. The van der Waals surface area contributed by atoms with Crippen molar-refractivity contribution in [2.75, 3.05) is 26.5 Å². The second-order valence-electron chi connectivity index (χ2n) is 7.04. The van der Waals surface area contributed by atoms with Crippen LogP contribution in [0.25, 0.3) is 10.2 Å². The van der Waals surface area contributed by atoms with Crippen LogP contribution in [0.2, 0.25) is 0 Å². The molecule has 1 aromatic carbocycles. The minimum Gasteiger partial charge on any atom is -0.493 e. The molecule has 3 aromatic rings. The Morgan fingerprint density at radius 2 is 2.03 bits per heavy atom. The topological polar surface area (TPSA) is 82.5 Å². The maximum atomic E-state index is 12.9. The van der Waals surface area contributed by atoms with E-state index in [4.69, 9.17) is 9.47 Å². The number of amides is 1. The third-order valence-electron chi connectivity index (χ3n) is 5.03. The molecule has 166 valence electrons. The molecule has 7 nitrogen and oxygen atoms in total. The lowest BCUT2D eigenvalue weighted by Gasteiger charge is -2.17. The first-order chi connectivity index (χ1) is 15.0. The van der Waals surface area contributed by atoms with E-state index in [1.165, 1.54) is 23.1 Å². The summed E-state index contributed by atoms with van der Waals surface area (Å²) in [7, 11) is 3.20. The van der Waals surface area contributed by atoms with Crippen molar-refractivity contribution in [2.45, 2.75) is 37.9 Å². The monoisotopic (exact) mass is 461 g/mol. The molecule has 0 bridgehead atoms. The van der Waals surface area contributed by atoms with Gasteiger partial charge in [-0.2, -0.15) is 0 Å². The quantitative estimate of drug-likeness (QED) is 0.364. The molecular formula is C22H27N3O4S2. The molecule has 1 amide bonds. The number of methoxy groups -OCH3 is 2. The summed E-state index contributed by atoms with van der Waals surface area (Å²) >= 11 is 2.70. The van der Waals surface area contributed by atoms with Crippen LogP contribution in [0.3, 0.4) is 0 Å². The number of hydrogen-bond donors (Lipinski definition) is 1. The second kappa shape index (κ2) is 10.7. The van der Waals surface area contributed by atoms with Gasteiger partial charge >= 0.3 is 0 Å². The third kappa shape index (κ3) is 5.40. The Morgan fingerprint density at radius 3 is 2.74 bits per heavy atom. The van der Waals surface area contributed by atoms with Crippen molar-refractivity contribution in [3.05, 3.63) is 45.6 Å². The zero-order valence-corrected chi connectivity index (χ0v) is 19.8. The van der Waals surface area contributed by atoms with E-state index in [0.29, 0.717) is 39.8 Å². The van der Waals surface area contributed by atoms with Gasteiger partial charge < -0.3 is 14.8 Å². The molecule has 2 heterocycles. The number of fused-ring (bicyclic) bond motifs is 1. The molecule has 9 heteroatoms. The highest BCUT2D eigenvalue weighted by molar-refractivity contribution is 7.99. The molecule has 1 unspecified atom stereocenters. The number of ether oxygens (including phenoxy) is 2. The number of thioether (sulfide) groups is 1. The van der Waals surface area contributed by atoms with Crippen LogP contribution in [0, 0.1) is 0 Å². The van der Waals surface area contributed by atoms with Crippen molar-refractivity contribution in [1.82, 2.24) is 14.9 Å². The van der Waals surface area contributed by atoms with E-state index in [-0.39, 0.29) is 23.3 Å². The highest BCUT2D eigenvalue weighted by atomic mass is 32.2. The second-order valence-corrected chi connectivity index (χ2v) is 8.90. The first-order valence-electron chi connectivity index (χ1n) is 10.1. The molecule has 2 aromatic heterocycles. The van der Waals surface area contributed by atoms with Gasteiger partial charge in [-0.15, -0.1) is 11.3 Å². The van der Waals surface area contributed by atoms with Crippen molar-refractivity contribution in [2.24, 2.45) is 0 Å². The fourth-order valence-electron chi connectivity index (χ4n) is 3.14. The molecular weight excluding hydrogens is 434 g/mol. The molecule has 3 rings (SSSR count). The average molecular weight is 462 g/mol. The molecule has 1 atom stereocenters. The van der Waals surface area contributed by atoms with E-state index in [0.717, 1.165) is 12.0 Å². The van der Waals surface area contributed by atoms with E-state index in [1.54, 1.807) is 18.8 Å². The lowest BCUT2D eigenvalue weighted by molar-refractivity contribution is -0.118. The molecule has 0 radical (unpaired) electrons. The molecule has 0 spiro atoms. The summed E-state index contributed by atoms with van der Waals surface area (Å²) in [5.74, 6) is 1.44. The molecule has 0 aliphatic rings. The number of nitrogens with zero attached hydrogens (tertiary/aromatic N) is 2. The number of aromatic nitrogens is 2. The Kier molecular flexibility index (Phi) is 7.97. The number of nitrogens with one attached hydrogen (secondary N) is 1. The van der Waals surface area contributed by atoms with Crippen LogP contribution in [0.1, 0.15) is 31.9 Å². The molecule has 31 heavy (non-hydrogen) atoms. The highest BCUT2D eigenvalue weighted by Crippen LogP contribution is 2.27. The van der Waals surface area contributed by atoms with Gasteiger partial charge in [-0.3, -0.25) is 14.2 Å². The van der Waals surface area contributed by atoms with Crippen LogP contribution in [0.15, 0.2) is 39.6 Å². The molecule has 1 N–H and O–H groups in total. The standard InChI is InChI=1S/C22H27N3O4S2/c1-5-14(2)25-21(27)20-16(9-11-30-20)24-22(25)31-13-19(26)23-10-8-15-6-7-17(28-3)18(12-15)29-4/h6-7,9,11-12,14H,5,8,10,13H2,1-4H3,(H,23,26). The van der Waals surface area contributed by atoms with Crippen molar-refractivity contribution < 1.29 is 14.3 Å². The fraction of sp³-hybridized carbons (Fsp3) is 0.409. The minimum absolute atomic E-state index is 0.0158. The molecule has 0 fully saturated rings. The van der Waals surface area contributed by atoms with Gasteiger partial charge in [-0.25, -0.2) is 4.98 Å². The van der Waals surface area contributed by atoms with E-state index in [1.807, 2.05) is 43.5 Å².